The number of aliphatic hydroxyl groups excluding tert-OH is 1. The fraction of sp³-hybridized carbons (Fsp3) is 0.273. The van der Waals surface area contributed by atoms with Gasteiger partial charge in [-0.15, -0.1) is 0 Å². The number of nitrogens with zero attached hydrogens (tertiary/aromatic N) is 2. The van der Waals surface area contributed by atoms with Gasteiger partial charge in [-0.25, -0.2) is 0 Å². The highest BCUT2D eigenvalue weighted by molar-refractivity contribution is 5.97. The van der Waals surface area contributed by atoms with Gasteiger partial charge in [0.05, 0.1) is 18.3 Å². The van der Waals surface area contributed by atoms with E-state index < -0.39 is 0 Å². The number of H-pyrrole nitrogens is 1. The Kier molecular flexibility index (Phi) is 2.87. The first kappa shape index (κ1) is 10.6. The molecule has 0 fully saturated rings. The molecular weight excluding hydrogens is 206 g/mol. The lowest BCUT2D eigenvalue weighted by atomic mass is 10.1. The molecule has 2 N–H and O–H groups in total. The van der Waals surface area contributed by atoms with Crippen molar-refractivity contribution in [3.8, 4) is 0 Å². The Bertz CT molecular complexity index is 507. The van der Waals surface area contributed by atoms with Gasteiger partial charge in [0.25, 0.3) is 5.91 Å². The Morgan fingerprint density at radius 2 is 2.38 bits per heavy atom. The number of hydrogen-bond acceptors (Lipinski definition) is 3. The molecule has 0 bridgehead atoms. The van der Waals surface area contributed by atoms with Gasteiger partial charge in [-0.3, -0.25) is 9.89 Å². The minimum Gasteiger partial charge on any atom is -0.395 e. The summed E-state index contributed by atoms with van der Waals surface area (Å²) in [5.74, 6) is -0.0999. The highest BCUT2D eigenvalue weighted by Gasteiger charge is 2.11. The normalized spacial score (nSPS) is 10.6. The number of amides is 1. The number of aromatic nitrogens is 2. The molecule has 2 aromatic rings. The second kappa shape index (κ2) is 4.32. The molecule has 1 aromatic carbocycles. The highest BCUT2D eigenvalue weighted by Crippen LogP contribution is 2.13. The molecule has 0 saturated heterocycles. The molecule has 0 saturated carbocycles. The Hall–Kier alpha value is -1.88. The molecule has 0 unspecified atom stereocenters. The molecule has 84 valence electrons. The first-order valence-electron chi connectivity index (χ1n) is 5.02. The molecule has 5 nitrogen and oxygen atoms in total. The average molecular weight is 219 g/mol. The monoisotopic (exact) mass is 219 g/mol. The van der Waals surface area contributed by atoms with E-state index in [4.69, 9.17) is 5.11 Å². The summed E-state index contributed by atoms with van der Waals surface area (Å²) in [4.78, 5) is 13.4. The largest absolute Gasteiger partial charge is 0.395 e. The third kappa shape index (κ3) is 1.90. The van der Waals surface area contributed by atoms with E-state index in [-0.39, 0.29) is 12.5 Å². The van der Waals surface area contributed by atoms with E-state index in [0.29, 0.717) is 12.1 Å². The first-order chi connectivity index (χ1) is 7.72. The molecule has 1 heterocycles. The molecule has 0 aliphatic heterocycles. The third-order valence-corrected chi connectivity index (χ3v) is 2.47. The summed E-state index contributed by atoms with van der Waals surface area (Å²) in [6.07, 6.45) is 1.68. The van der Waals surface area contributed by atoms with Gasteiger partial charge in [-0.05, 0) is 18.2 Å². The molecule has 0 spiro atoms. The number of benzene rings is 1. The summed E-state index contributed by atoms with van der Waals surface area (Å²) in [5.41, 5.74) is 1.51. The molecular formula is C11H13N3O2. The Morgan fingerprint density at radius 1 is 1.56 bits per heavy atom. The van der Waals surface area contributed by atoms with Gasteiger partial charge in [-0.1, -0.05) is 0 Å². The molecule has 5 heteroatoms. The Morgan fingerprint density at radius 3 is 3.12 bits per heavy atom. The van der Waals surface area contributed by atoms with Crippen LogP contribution in [-0.4, -0.2) is 46.3 Å². The van der Waals surface area contributed by atoms with E-state index in [1.165, 1.54) is 4.90 Å². The van der Waals surface area contributed by atoms with Crippen LogP contribution in [0.5, 0.6) is 0 Å². The topological polar surface area (TPSA) is 69.2 Å². The summed E-state index contributed by atoms with van der Waals surface area (Å²) in [6, 6.07) is 5.36. The maximum atomic E-state index is 11.9. The van der Waals surface area contributed by atoms with Gasteiger partial charge < -0.3 is 10.0 Å². The number of aromatic amines is 1. The Labute approximate surface area is 92.7 Å². The number of likely N-dealkylation sites (N-methyl/N-ethyl adjacent to an activating group) is 1. The predicted molar refractivity (Wildman–Crippen MR) is 60.1 cm³/mol. The molecule has 0 atom stereocenters. The van der Waals surface area contributed by atoms with Crippen LogP contribution in [0.2, 0.25) is 0 Å². The molecule has 0 aliphatic carbocycles. The van der Waals surface area contributed by atoms with Crippen LogP contribution in [-0.2, 0) is 0 Å². The van der Waals surface area contributed by atoms with E-state index in [0.717, 1.165) is 10.9 Å². The van der Waals surface area contributed by atoms with Crippen molar-refractivity contribution in [3.63, 3.8) is 0 Å². The van der Waals surface area contributed by atoms with Crippen LogP contribution in [0.15, 0.2) is 24.4 Å². The SMILES string of the molecule is CN(CCO)C(=O)c1ccc2[nH]ncc2c1. The van der Waals surface area contributed by atoms with E-state index in [1.807, 2.05) is 6.07 Å². The summed E-state index contributed by atoms with van der Waals surface area (Å²) < 4.78 is 0. The fourth-order valence-corrected chi connectivity index (χ4v) is 1.55. The van der Waals surface area contributed by atoms with E-state index in [1.54, 1.807) is 25.4 Å². The minimum absolute atomic E-state index is 0.0316. The quantitative estimate of drug-likeness (QED) is 0.795. The highest BCUT2D eigenvalue weighted by atomic mass is 16.3. The summed E-state index contributed by atoms with van der Waals surface area (Å²) >= 11 is 0. The molecule has 0 radical (unpaired) electrons. The van der Waals surface area contributed by atoms with Crippen LogP contribution in [0.25, 0.3) is 10.9 Å². The van der Waals surface area contributed by atoms with Crippen LogP contribution in [0, 0.1) is 0 Å². The van der Waals surface area contributed by atoms with Crippen molar-refractivity contribution in [2.45, 2.75) is 0 Å². The van der Waals surface area contributed by atoms with Crippen molar-refractivity contribution in [1.29, 1.82) is 0 Å². The van der Waals surface area contributed by atoms with Crippen LogP contribution in [0.3, 0.4) is 0 Å². The fourth-order valence-electron chi connectivity index (χ4n) is 1.55. The van der Waals surface area contributed by atoms with Gasteiger partial charge >= 0.3 is 0 Å². The molecule has 2 rings (SSSR count). The zero-order chi connectivity index (χ0) is 11.5. The average Bonchev–Trinajstić information content (AvgIpc) is 2.75. The molecule has 1 amide bonds. The second-order valence-electron chi connectivity index (χ2n) is 3.62. The zero-order valence-electron chi connectivity index (χ0n) is 8.97. The second-order valence-corrected chi connectivity index (χ2v) is 3.62. The van der Waals surface area contributed by atoms with Crippen molar-refractivity contribution in [2.75, 3.05) is 20.2 Å². The van der Waals surface area contributed by atoms with Crippen molar-refractivity contribution in [3.05, 3.63) is 30.0 Å². The van der Waals surface area contributed by atoms with Gasteiger partial charge in [0.15, 0.2) is 0 Å². The van der Waals surface area contributed by atoms with Crippen molar-refractivity contribution in [1.82, 2.24) is 15.1 Å². The first-order valence-corrected chi connectivity index (χ1v) is 5.02. The summed E-state index contributed by atoms with van der Waals surface area (Å²) in [5, 5.41) is 16.4. The smallest absolute Gasteiger partial charge is 0.253 e. The number of carbonyl (C=O) groups excluding carboxylic acids is 1. The van der Waals surface area contributed by atoms with Crippen LogP contribution < -0.4 is 0 Å². The number of carbonyl (C=O) groups is 1. The number of nitrogens with one attached hydrogen (secondary N) is 1. The van der Waals surface area contributed by atoms with E-state index in [2.05, 4.69) is 10.2 Å². The Balaban J connectivity index is 2.28. The molecule has 16 heavy (non-hydrogen) atoms. The summed E-state index contributed by atoms with van der Waals surface area (Å²) in [6.45, 7) is 0.304. The number of aliphatic hydroxyl groups is 1. The van der Waals surface area contributed by atoms with Crippen LogP contribution in [0.1, 0.15) is 10.4 Å². The minimum atomic E-state index is -0.0999. The van der Waals surface area contributed by atoms with Gasteiger partial charge in [0, 0.05) is 24.5 Å². The maximum Gasteiger partial charge on any atom is 0.253 e. The molecule has 0 aliphatic rings. The number of hydrogen-bond donors (Lipinski definition) is 2. The lowest BCUT2D eigenvalue weighted by molar-refractivity contribution is 0.0767. The van der Waals surface area contributed by atoms with E-state index >= 15 is 0 Å². The van der Waals surface area contributed by atoms with Crippen LogP contribution in [0.4, 0.5) is 0 Å². The lowest BCUT2D eigenvalue weighted by Gasteiger charge is -2.15. The maximum absolute atomic E-state index is 11.9. The summed E-state index contributed by atoms with van der Waals surface area (Å²) in [7, 11) is 1.66. The number of fused-ring (bicyclic) bond motifs is 1. The molecule has 1 aromatic heterocycles. The standard InChI is InChI=1S/C11H13N3O2/c1-14(4-5-15)11(16)8-2-3-10-9(6-8)7-12-13-10/h2-3,6-7,15H,4-5H2,1H3,(H,12,13). The number of rotatable bonds is 3. The zero-order valence-corrected chi connectivity index (χ0v) is 8.97. The van der Waals surface area contributed by atoms with Gasteiger partial charge in [0.1, 0.15) is 0 Å². The van der Waals surface area contributed by atoms with Gasteiger partial charge in [0.2, 0.25) is 0 Å². The van der Waals surface area contributed by atoms with E-state index in [9.17, 15) is 4.79 Å². The third-order valence-electron chi connectivity index (χ3n) is 2.47. The van der Waals surface area contributed by atoms with Crippen LogP contribution >= 0.6 is 0 Å². The van der Waals surface area contributed by atoms with Crippen molar-refractivity contribution >= 4 is 16.8 Å². The van der Waals surface area contributed by atoms with Crippen molar-refractivity contribution < 1.29 is 9.90 Å². The van der Waals surface area contributed by atoms with Gasteiger partial charge in [-0.2, -0.15) is 5.10 Å². The van der Waals surface area contributed by atoms with Crippen molar-refractivity contribution in [2.24, 2.45) is 0 Å². The lowest BCUT2D eigenvalue weighted by Crippen LogP contribution is -2.29. The predicted octanol–water partition coefficient (Wildman–Crippen LogP) is 0.627.